The van der Waals surface area contributed by atoms with Crippen LogP contribution in [-0.2, 0) is 20.4 Å². The molecule has 0 bridgehead atoms. The van der Waals surface area contributed by atoms with E-state index in [1.165, 1.54) is 0 Å². The van der Waals surface area contributed by atoms with E-state index >= 15 is 0 Å². The molecule has 188 valence electrons. The number of aliphatic carboxylic acids is 1. The monoisotopic (exact) mass is 498 g/mol. The number of likely N-dealkylation sites (N-methyl/N-ethyl adjacent to an activating group) is 1. The number of carbonyl (C=O) groups excluding carboxylic acids is 2. The van der Waals surface area contributed by atoms with E-state index in [9.17, 15) is 19.5 Å². The van der Waals surface area contributed by atoms with E-state index in [1.54, 1.807) is 11.0 Å². The highest BCUT2D eigenvalue weighted by molar-refractivity contribution is 6.09. The van der Waals surface area contributed by atoms with Gasteiger partial charge in [-0.2, -0.15) is 9.78 Å². The van der Waals surface area contributed by atoms with Gasteiger partial charge < -0.3 is 20.7 Å². The molecule has 37 heavy (non-hydrogen) atoms. The summed E-state index contributed by atoms with van der Waals surface area (Å²) in [7, 11) is 0. The molecule has 0 saturated heterocycles. The fourth-order valence-electron chi connectivity index (χ4n) is 5.73. The molecular formula is C27H26N6O4. The summed E-state index contributed by atoms with van der Waals surface area (Å²) in [5.41, 5.74) is 8.12. The Balaban J connectivity index is 1.46. The fraction of sp³-hybridized carbons (Fsp3) is 0.296. The van der Waals surface area contributed by atoms with Crippen molar-refractivity contribution in [3.05, 3.63) is 65.4 Å². The number of fused-ring (bicyclic) bond motifs is 2. The number of imidazole rings is 1. The van der Waals surface area contributed by atoms with Crippen molar-refractivity contribution in [2.75, 3.05) is 11.4 Å². The molecular weight excluding hydrogens is 472 g/mol. The van der Waals surface area contributed by atoms with Gasteiger partial charge in [-0.15, -0.1) is 0 Å². The second-order valence-corrected chi connectivity index (χ2v) is 10.3. The van der Waals surface area contributed by atoms with Gasteiger partial charge >= 0.3 is 12.0 Å². The van der Waals surface area contributed by atoms with Gasteiger partial charge in [-0.3, -0.25) is 9.59 Å². The van der Waals surface area contributed by atoms with Gasteiger partial charge in [0.2, 0.25) is 5.91 Å². The number of primary amides is 1. The molecule has 2 atom stereocenters. The van der Waals surface area contributed by atoms with Gasteiger partial charge in [0, 0.05) is 12.5 Å². The normalized spacial score (nSPS) is 21.9. The van der Waals surface area contributed by atoms with E-state index in [2.05, 4.69) is 15.1 Å². The Morgan fingerprint density at radius 3 is 2.57 bits per heavy atom. The number of nitrogens with two attached hydrogens (primary N) is 1. The van der Waals surface area contributed by atoms with Gasteiger partial charge in [-0.25, -0.2) is 9.78 Å². The third kappa shape index (κ3) is 3.08. The zero-order valence-electron chi connectivity index (χ0n) is 20.6. The lowest BCUT2D eigenvalue weighted by molar-refractivity contribution is -0.140. The van der Waals surface area contributed by atoms with E-state index in [4.69, 9.17) is 5.73 Å². The van der Waals surface area contributed by atoms with E-state index < -0.39 is 22.8 Å². The van der Waals surface area contributed by atoms with Crippen molar-refractivity contribution in [1.29, 1.82) is 0 Å². The molecule has 2 aromatic carbocycles. The molecule has 1 aliphatic heterocycles. The van der Waals surface area contributed by atoms with Crippen LogP contribution in [0.4, 0.5) is 10.5 Å². The molecule has 2 amide bonds. The zero-order valence-corrected chi connectivity index (χ0v) is 20.6. The second kappa shape index (κ2) is 7.52. The summed E-state index contributed by atoms with van der Waals surface area (Å²) in [4.78, 5) is 47.4. The number of H-pyrrole nitrogens is 1. The summed E-state index contributed by atoms with van der Waals surface area (Å²) in [5.74, 6) is -0.932. The van der Waals surface area contributed by atoms with Gasteiger partial charge in [-0.05, 0) is 56.5 Å². The molecule has 3 heterocycles. The number of aromatic nitrogens is 4. The smallest absolute Gasteiger partial charge is 0.339 e. The van der Waals surface area contributed by atoms with Crippen molar-refractivity contribution in [2.24, 2.45) is 5.73 Å². The van der Waals surface area contributed by atoms with Crippen LogP contribution in [0.15, 0.2) is 48.5 Å². The van der Waals surface area contributed by atoms with Crippen LogP contribution in [0.1, 0.15) is 49.9 Å². The third-order valence-electron chi connectivity index (χ3n) is 7.82. The number of hydrogen-bond donors (Lipinski definition) is 3. The highest BCUT2D eigenvalue weighted by Gasteiger charge is 2.64. The topological polar surface area (TPSA) is 147 Å². The number of nitrogens with one attached hydrogen (secondary N) is 1. The second-order valence-electron chi connectivity index (χ2n) is 10.3. The quantitative estimate of drug-likeness (QED) is 0.384. The van der Waals surface area contributed by atoms with Gasteiger partial charge in [0.1, 0.15) is 11.1 Å². The molecule has 10 heteroatoms. The molecule has 6 rings (SSSR count). The summed E-state index contributed by atoms with van der Waals surface area (Å²) in [6.45, 7) is 6.28. The minimum atomic E-state index is -1.32. The molecule has 1 aliphatic carbocycles. The molecule has 10 nitrogen and oxygen atoms in total. The van der Waals surface area contributed by atoms with Crippen molar-refractivity contribution in [1.82, 2.24) is 19.7 Å². The molecule has 1 fully saturated rings. The summed E-state index contributed by atoms with van der Waals surface area (Å²) in [5, 5.41) is 14.6. The number of hydrogen-bond acceptors (Lipinski definition) is 5. The van der Waals surface area contributed by atoms with Gasteiger partial charge in [0.15, 0.2) is 5.82 Å². The van der Waals surface area contributed by atoms with Crippen LogP contribution < -0.4 is 10.6 Å². The number of anilines is 1. The Kier molecular flexibility index (Phi) is 4.66. The minimum absolute atomic E-state index is 0.0408. The first-order chi connectivity index (χ1) is 17.6. The number of nitrogens with zero attached hydrogens (tertiary/aromatic N) is 4. The first-order valence-corrected chi connectivity index (χ1v) is 12.1. The first-order valence-electron chi connectivity index (χ1n) is 12.1. The third-order valence-corrected chi connectivity index (χ3v) is 7.82. The zero-order chi connectivity index (χ0) is 26.3. The van der Waals surface area contributed by atoms with Crippen molar-refractivity contribution in [2.45, 2.75) is 43.9 Å². The SMILES string of the molecule is CCN1C(=O)C(C)(C)c2cc3[nH]c(-c4cc(C5(C(=O)O)CC5c5ccccc5)n(C(N)=O)n4)nc3cc21. The van der Waals surface area contributed by atoms with Gasteiger partial charge in [0.25, 0.3) is 0 Å². The average Bonchev–Trinajstić information content (AvgIpc) is 3.16. The summed E-state index contributed by atoms with van der Waals surface area (Å²) < 4.78 is 0.972. The van der Waals surface area contributed by atoms with E-state index in [0.29, 0.717) is 35.5 Å². The van der Waals surface area contributed by atoms with Crippen LogP contribution in [0, 0.1) is 0 Å². The number of aromatic amines is 1. The molecule has 0 spiro atoms. The Hall–Kier alpha value is -4.47. The van der Waals surface area contributed by atoms with Crippen molar-refractivity contribution < 1.29 is 19.5 Å². The summed E-state index contributed by atoms with van der Waals surface area (Å²) >= 11 is 0. The van der Waals surface area contributed by atoms with Crippen LogP contribution in [0.25, 0.3) is 22.6 Å². The molecule has 2 unspecified atom stereocenters. The lowest BCUT2D eigenvalue weighted by atomic mass is 9.86. The summed E-state index contributed by atoms with van der Waals surface area (Å²) in [6.07, 6.45) is 0.327. The molecule has 1 saturated carbocycles. The van der Waals surface area contributed by atoms with E-state index in [1.807, 2.05) is 63.2 Å². The first kappa shape index (κ1) is 23.0. The Morgan fingerprint density at radius 1 is 1.19 bits per heavy atom. The Bertz CT molecular complexity index is 1620. The molecule has 0 radical (unpaired) electrons. The fourth-order valence-corrected chi connectivity index (χ4v) is 5.73. The minimum Gasteiger partial charge on any atom is -0.481 e. The van der Waals surface area contributed by atoms with Crippen molar-refractivity contribution in [3.63, 3.8) is 0 Å². The molecule has 2 aliphatic rings. The highest BCUT2D eigenvalue weighted by atomic mass is 16.4. The van der Waals surface area contributed by atoms with Crippen molar-refractivity contribution in [3.8, 4) is 11.5 Å². The number of carboxylic acids is 1. The number of benzene rings is 2. The maximum absolute atomic E-state index is 12.9. The number of rotatable bonds is 5. The largest absolute Gasteiger partial charge is 0.481 e. The molecule has 2 aromatic heterocycles. The predicted octanol–water partition coefficient (Wildman–Crippen LogP) is 3.51. The van der Waals surface area contributed by atoms with Crippen LogP contribution in [0.5, 0.6) is 0 Å². The molecule has 4 N–H and O–H groups in total. The number of amides is 2. The lowest BCUT2D eigenvalue weighted by Gasteiger charge is -2.18. The average molecular weight is 499 g/mol. The number of carboxylic acid groups (broad SMARTS) is 1. The lowest BCUT2D eigenvalue weighted by Crippen LogP contribution is -2.35. The predicted molar refractivity (Wildman–Crippen MR) is 136 cm³/mol. The standard InChI is InChI=1S/C27H26N6O4/c1-4-32-20-11-18-17(10-15(20)26(2,3)23(32)34)29-22(30-18)19-12-21(33(31-19)25(28)37)27(24(35)36)13-16(27)14-8-6-5-7-9-14/h5-12,16H,4,13H2,1-3H3,(H2,28,37)(H,29,30)(H,35,36). The van der Waals surface area contributed by atoms with E-state index in [0.717, 1.165) is 21.5 Å². The maximum Gasteiger partial charge on any atom is 0.339 e. The van der Waals surface area contributed by atoms with Crippen molar-refractivity contribution >= 4 is 34.6 Å². The summed E-state index contributed by atoms with van der Waals surface area (Å²) in [6, 6.07) is 13.9. The Morgan fingerprint density at radius 2 is 1.92 bits per heavy atom. The Labute approximate surface area is 212 Å². The van der Waals surface area contributed by atoms with Crippen LogP contribution in [0.3, 0.4) is 0 Å². The molecule has 4 aromatic rings. The highest BCUT2D eigenvalue weighted by Crippen LogP contribution is 2.61. The maximum atomic E-state index is 12.9. The van der Waals surface area contributed by atoms with Gasteiger partial charge in [-0.1, -0.05) is 30.3 Å². The van der Waals surface area contributed by atoms with Crippen LogP contribution in [-0.4, -0.2) is 49.3 Å². The van der Waals surface area contributed by atoms with Gasteiger partial charge in [0.05, 0.1) is 27.8 Å². The van der Waals surface area contributed by atoms with Crippen LogP contribution in [0.2, 0.25) is 0 Å². The number of carbonyl (C=O) groups is 3. The van der Waals surface area contributed by atoms with Crippen LogP contribution >= 0.6 is 0 Å². The van der Waals surface area contributed by atoms with E-state index in [-0.39, 0.29) is 17.5 Å².